The van der Waals surface area contributed by atoms with Gasteiger partial charge < -0.3 is 19.5 Å². The molecule has 4 aromatic rings. The van der Waals surface area contributed by atoms with Crippen molar-refractivity contribution in [2.75, 3.05) is 18.4 Å². The molecule has 0 bridgehead atoms. The minimum absolute atomic E-state index is 0.0740. The molecule has 1 N–H and O–H groups in total. The summed E-state index contributed by atoms with van der Waals surface area (Å²) in [5.74, 6) is 1.17. The maximum atomic E-state index is 13.4. The quantitative estimate of drug-likeness (QED) is 0.272. The zero-order chi connectivity index (χ0) is 26.5. The number of anilines is 2. The molecule has 5 rings (SSSR count). The van der Waals surface area contributed by atoms with Gasteiger partial charge in [-0.15, -0.1) is 0 Å². The third-order valence-electron chi connectivity index (χ3n) is 6.31. The van der Waals surface area contributed by atoms with Crippen LogP contribution in [0.1, 0.15) is 30.0 Å². The van der Waals surface area contributed by atoms with Crippen molar-refractivity contribution in [1.29, 1.82) is 0 Å². The lowest BCUT2D eigenvalue weighted by Gasteiger charge is -2.30. The molecule has 2 aromatic heterocycles. The first-order chi connectivity index (χ1) is 18.5. The lowest BCUT2D eigenvalue weighted by molar-refractivity contribution is -0.127. The number of nitrogens with one attached hydrogen (secondary N) is 1. The summed E-state index contributed by atoms with van der Waals surface area (Å²) in [7, 11) is 0. The molecular weight excluding hydrogens is 509 g/mol. The van der Waals surface area contributed by atoms with Crippen LogP contribution in [0.15, 0.2) is 78.2 Å². The Morgan fingerprint density at radius 3 is 3.00 bits per heavy atom. The van der Waals surface area contributed by atoms with E-state index in [0.29, 0.717) is 52.3 Å². The summed E-state index contributed by atoms with van der Waals surface area (Å²) in [5.41, 5.74) is 2.79. The summed E-state index contributed by atoms with van der Waals surface area (Å²) < 4.78 is 24.8. The van der Waals surface area contributed by atoms with Crippen LogP contribution in [-0.2, 0) is 11.4 Å². The second-order valence-corrected chi connectivity index (χ2v) is 9.32. The van der Waals surface area contributed by atoms with Gasteiger partial charge in [-0.05, 0) is 54.8 Å². The van der Waals surface area contributed by atoms with Gasteiger partial charge in [0.25, 0.3) is 0 Å². The fraction of sp³-hybridized carbons (Fsp3) is 0.214. The third kappa shape index (κ3) is 5.84. The van der Waals surface area contributed by atoms with Crippen LogP contribution >= 0.6 is 11.6 Å². The van der Waals surface area contributed by atoms with Crippen LogP contribution in [0.2, 0.25) is 5.02 Å². The van der Waals surface area contributed by atoms with Gasteiger partial charge in [-0.25, -0.2) is 14.4 Å². The highest BCUT2D eigenvalue weighted by Crippen LogP contribution is 2.34. The van der Waals surface area contributed by atoms with Crippen LogP contribution in [-0.4, -0.2) is 39.0 Å². The number of piperidine rings is 1. The van der Waals surface area contributed by atoms with Crippen LogP contribution in [0.5, 0.6) is 5.75 Å². The second kappa shape index (κ2) is 11.4. The van der Waals surface area contributed by atoms with Crippen molar-refractivity contribution in [2.24, 2.45) is 0 Å². The Morgan fingerprint density at radius 1 is 1.29 bits per heavy atom. The Bertz CT molecular complexity index is 1460. The van der Waals surface area contributed by atoms with Gasteiger partial charge in [0, 0.05) is 37.0 Å². The van der Waals surface area contributed by atoms with Crippen molar-refractivity contribution >= 4 is 29.0 Å². The Labute approximate surface area is 224 Å². The molecule has 8 nitrogen and oxygen atoms in total. The predicted molar refractivity (Wildman–Crippen MR) is 142 cm³/mol. The molecule has 3 heterocycles. The van der Waals surface area contributed by atoms with E-state index in [1.165, 1.54) is 24.5 Å². The van der Waals surface area contributed by atoms with Crippen molar-refractivity contribution in [3.8, 4) is 17.1 Å². The first-order valence-electron chi connectivity index (χ1n) is 12.1. The van der Waals surface area contributed by atoms with Crippen molar-refractivity contribution in [2.45, 2.75) is 25.4 Å². The largest absolute Gasteiger partial charge is 0.487 e. The first-order valence-corrected chi connectivity index (χ1v) is 12.5. The van der Waals surface area contributed by atoms with Gasteiger partial charge in [0.15, 0.2) is 5.76 Å². The zero-order valence-corrected chi connectivity index (χ0v) is 21.2. The average Bonchev–Trinajstić information content (AvgIpc) is 3.43. The first kappa shape index (κ1) is 25.4. The van der Waals surface area contributed by atoms with E-state index in [1.54, 1.807) is 41.4 Å². The molecule has 10 heteroatoms. The lowest BCUT2D eigenvalue weighted by atomic mass is 9.94. The van der Waals surface area contributed by atoms with Gasteiger partial charge in [0.05, 0.1) is 16.3 Å². The number of halogens is 2. The number of amides is 1. The summed E-state index contributed by atoms with van der Waals surface area (Å²) in [6.07, 6.45) is 6.21. The second-order valence-electron chi connectivity index (χ2n) is 8.92. The number of hydrogen-bond acceptors (Lipinski definition) is 7. The number of rotatable bonds is 8. The molecule has 0 spiro atoms. The monoisotopic (exact) mass is 533 g/mol. The molecule has 1 aliphatic heterocycles. The molecule has 2 aromatic carbocycles. The number of carbonyl (C=O) groups excluding carboxylic acids is 1. The Balaban J connectivity index is 1.29. The molecule has 1 aliphatic rings. The van der Waals surface area contributed by atoms with E-state index in [-0.39, 0.29) is 24.2 Å². The molecule has 0 aliphatic carbocycles. The minimum atomic E-state index is -0.320. The molecular formula is C28H25ClFN5O3. The van der Waals surface area contributed by atoms with E-state index in [9.17, 15) is 9.18 Å². The van der Waals surface area contributed by atoms with E-state index in [4.69, 9.17) is 20.9 Å². The summed E-state index contributed by atoms with van der Waals surface area (Å²) >= 11 is 6.45. The molecule has 1 unspecified atom stereocenters. The molecule has 38 heavy (non-hydrogen) atoms. The van der Waals surface area contributed by atoms with Crippen LogP contribution in [0, 0.1) is 5.82 Å². The van der Waals surface area contributed by atoms with Crippen LogP contribution in [0.4, 0.5) is 15.9 Å². The highest BCUT2D eigenvalue weighted by molar-refractivity contribution is 6.32. The number of benzene rings is 2. The summed E-state index contributed by atoms with van der Waals surface area (Å²) in [6.45, 7) is 5.05. The number of likely N-dealkylation sites (tertiary alicyclic amines) is 1. The minimum Gasteiger partial charge on any atom is -0.487 e. The van der Waals surface area contributed by atoms with E-state index < -0.39 is 0 Å². The number of nitrogens with zero attached hydrogens (tertiary/aromatic N) is 4. The van der Waals surface area contributed by atoms with Gasteiger partial charge in [0.2, 0.25) is 5.91 Å². The van der Waals surface area contributed by atoms with Gasteiger partial charge in [0.1, 0.15) is 30.3 Å². The maximum absolute atomic E-state index is 13.4. The SMILES string of the molecule is C=CC(=O)N1CCCC(c2cc(-c3cncnc3Nc3ccc(OCc4cccc(F)c4)c(Cl)c3)on2)C1. The Morgan fingerprint density at radius 2 is 2.18 bits per heavy atom. The van der Waals surface area contributed by atoms with Crippen molar-refractivity contribution in [3.05, 3.63) is 95.8 Å². The Kier molecular flexibility index (Phi) is 7.65. The summed E-state index contributed by atoms with van der Waals surface area (Å²) in [4.78, 5) is 22.4. The number of hydrogen-bond donors (Lipinski definition) is 1. The van der Waals surface area contributed by atoms with E-state index >= 15 is 0 Å². The number of aromatic nitrogens is 3. The smallest absolute Gasteiger partial charge is 0.245 e. The highest BCUT2D eigenvalue weighted by Gasteiger charge is 2.26. The zero-order valence-electron chi connectivity index (χ0n) is 20.4. The predicted octanol–water partition coefficient (Wildman–Crippen LogP) is 6.14. The number of ether oxygens (including phenoxy) is 1. The van der Waals surface area contributed by atoms with Gasteiger partial charge in [-0.1, -0.05) is 35.5 Å². The number of carbonyl (C=O) groups is 1. The molecule has 1 saturated heterocycles. The fourth-order valence-electron chi connectivity index (χ4n) is 4.39. The van der Waals surface area contributed by atoms with Crippen LogP contribution < -0.4 is 10.1 Å². The van der Waals surface area contributed by atoms with Crippen molar-refractivity contribution in [1.82, 2.24) is 20.0 Å². The molecule has 1 amide bonds. The van der Waals surface area contributed by atoms with E-state index in [2.05, 4.69) is 27.0 Å². The lowest BCUT2D eigenvalue weighted by Crippen LogP contribution is -2.38. The normalized spacial score (nSPS) is 15.2. The maximum Gasteiger partial charge on any atom is 0.245 e. The topological polar surface area (TPSA) is 93.4 Å². The molecule has 1 atom stereocenters. The molecule has 1 fully saturated rings. The van der Waals surface area contributed by atoms with E-state index in [1.807, 2.05) is 6.07 Å². The van der Waals surface area contributed by atoms with Crippen LogP contribution in [0.3, 0.4) is 0 Å². The van der Waals surface area contributed by atoms with Gasteiger partial charge >= 0.3 is 0 Å². The highest BCUT2D eigenvalue weighted by atomic mass is 35.5. The Hall–Kier alpha value is -4.24. The average molecular weight is 534 g/mol. The molecule has 0 radical (unpaired) electrons. The van der Waals surface area contributed by atoms with Crippen molar-refractivity contribution in [3.63, 3.8) is 0 Å². The van der Waals surface area contributed by atoms with Gasteiger partial charge in [-0.3, -0.25) is 4.79 Å². The van der Waals surface area contributed by atoms with E-state index in [0.717, 1.165) is 18.5 Å². The standard InChI is InChI=1S/C28H25ClFN5O3/c1-2-27(36)35-10-4-6-19(15-35)24-13-26(38-34-24)22-14-31-17-32-28(22)33-21-8-9-25(23(29)12-21)37-16-18-5-3-7-20(30)11-18/h2-3,5,7-9,11-14,17,19H,1,4,6,10,15-16H2,(H,31,32,33). The van der Waals surface area contributed by atoms with Crippen LogP contribution in [0.25, 0.3) is 11.3 Å². The van der Waals surface area contributed by atoms with Gasteiger partial charge in [-0.2, -0.15) is 0 Å². The summed E-state index contributed by atoms with van der Waals surface area (Å²) in [6, 6.07) is 13.3. The fourth-order valence-corrected chi connectivity index (χ4v) is 4.62. The third-order valence-corrected chi connectivity index (χ3v) is 6.61. The molecule has 0 saturated carbocycles. The molecule has 194 valence electrons. The van der Waals surface area contributed by atoms with Crippen molar-refractivity contribution < 1.29 is 18.4 Å². The summed E-state index contributed by atoms with van der Waals surface area (Å²) in [5, 5.41) is 7.91.